The molecule has 1 N–H and O–H groups in total. The molecule has 1 aliphatic heterocycles. The molecule has 1 unspecified atom stereocenters. The first-order chi connectivity index (χ1) is 18.0. The molecule has 1 amide bonds. The summed E-state index contributed by atoms with van der Waals surface area (Å²) in [7, 11) is 1.41. The number of carbonyl (C=O) groups is 2. The first-order valence-corrected chi connectivity index (χ1v) is 13.3. The van der Waals surface area contributed by atoms with Gasteiger partial charge in [-0.25, -0.2) is 0 Å². The Morgan fingerprint density at radius 2 is 1.76 bits per heavy atom. The lowest BCUT2D eigenvalue weighted by atomic mass is 9.80. The molecule has 4 rings (SSSR count). The summed E-state index contributed by atoms with van der Waals surface area (Å²) in [5.74, 6) is 0.671. The average molecular weight is 532 g/mol. The van der Waals surface area contributed by atoms with Crippen LogP contribution in [0.5, 0.6) is 0 Å². The summed E-state index contributed by atoms with van der Waals surface area (Å²) >= 11 is 0. The Morgan fingerprint density at radius 3 is 2.37 bits per heavy atom. The van der Waals surface area contributed by atoms with Crippen molar-refractivity contribution in [3.05, 3.63) is 64.5 Å². The zero-order valence-electron chi connectivity index (χ0n) is 22.2. The predicted molar refractivity (Wildman–Crippen MR) is 137 cm³/mol. The van der Waals surface area contributed by atoms with Crippen LogP contribution in [0.3, 0.4) is 0 Å². The number of amides is 1. The van der Waals surface area contributed by atoms with Gasteiger partial charge in [-0.3, -0.25) is 19.5 Å². The molecular formula is C29H36F3N3O3. The molecule has 2 heterocycles. The number of aromatic nitrogens is 1. The number of fused-ring (bicyclic) bond motifs is 1. The maximum Gasteiger partial charge on any atom is 0.416 e. The Kier molecular flexibility index (Phi) is 8.75. The van der Waals surface area contributed by atoms with Gasteiger partial charge in [-0.2, -0.15) is 13.2 Å². The van der Waals surface area contributed by atoms with Gasteiger partial charge in [-0.05, 0) is 72.8 Å². The fraction of sp³-hybridized carbons (Fsp3) is 0.552. The zero-order chi connectivity index (χ0) is 27.4. The number of carbonyl (C=O) groups excluding carboxylic acids is 2. The van der Waals surface area contributed by atoms with Gasteiger partial charge in [0.2, 0.25) is 0 Å². The molecule has 38 heavy (non-hydrogen) atoms. The van der Waals surface area contributed by atoms with Crippen molar-refractivity contribution in [2.24, 2.45) is 17.8 Å². The van der Waals surface area contributed by atoms with Crippen molar-refractivity contribution in [1.82, 2.24) is 15.2 Å². The van der Waals surface area contributed by atoms with Gasteiger partial charge in [-0.15, -0.1) is 0 Å². The van der Waals surface area contributed by atoms with E-state index in [1.54, 1.807) is 6.20 Å². The first-order valence-electron chi connectivity index (χ1n) is 13.3. The molecule has 0 saturated heterocycles. The van der Waals surface area contributed by atoms with Crippen LogP contribution < -0.4 is 5.32 Å². The number of nitrogens with zero attached hydrogens (tertiary/aromatic N) is 2. The fourth-order valence-corrected chi connectivity index (χ4v) is 5.75. The maximum atomic E-state index is 12.9. The summed E-state index contributed by atoms with van der Waals surface area (Å²) in [5.41, 5.74) is 2.56. The first kappa shape index (κ1) is 28.1. The summed E-state index contributed by atoms with van der Waals surface area (Å²) in [4.78, 5) is 31.3. The number of pyridine rings is 1. The Balaban J connectivity index is 1.35. The van der Waals surface area contributed by atoms with E-state index in [0.717, 1.165) is 54.6 Å². The molecule has 1 aromatic carbocycles. The van der Waals surface area contributed by atoms with E-state index in [1.807, 2.05) is 6.07 Å². The van der Waals surface area contributed by atoms with Crippen molar-refractivity contribution in [3.63, 3.8) is 0 Å². The Morgan fingerprint density at radius 1 is 1.11 bits per heavy atom. The standard InChI is InChI=1S/C29H36F3N3O3/c1-18(2)27-26-23(17-35(27)16-21-8-10-24(11-9-21)29(30,31)32)13-22(15-33-26)28(37)34-14-20-6-4-19(5-7-20)12-25(36)38-3/h8-11,13,15,18-20,27H,4-7,12,14,16-17H2,1-3H3,(H,34,37)/t19-,20-,27?. The third kappa shape index (κ3) is 6.73. The third-order valence-corrected chi connectivity index (χ3v) is 7.81. The molecule has 1 aromatic heterocycles. The van der Waals surface area contributed by atoms with Gasteiger partial charge >= 0.3 is 12.1 Å². The van der Waals surface area contributed by atoms with E-state index in [-0.39, 0.29) is 23.8 Å². The SMILES string of the molecule is COC(=O)C[C@H]1CC[C@H](CNC(=O)c2cnc3c(c2)CN(Cc2ccc(C(F)(F)F)cc2)C3C(C)C)CC1. The lowest BCUT2D eigenvalue weighted by Gasteiger charge is -2.28. The number of methoxy groups -OCH3 is 1. The Hall–Kier alpha value is -2.94. The second kappa shape index (κ2) is 11.8. The summed E-state index contributed by atoms with van der Waals surface area (Å²) in [6.45, 7) is 5.87. The molecule has 0 radical (unpaired) electrons. The summed E-state index contributed by atoms with van der Waals surface area (Å²) in [5, 5.41) is 3.05. The monoisotopic (exact) mass is 531 g/mol. The van der Waals surface area contributed by atoms with Gasteiger partial charge in [0.15, 0.2) is 0 Å². The van der Waals surface area contributed by atoms with Gasteiger partial charge in [-0.1, -0.05) is 26.0 Å². The number of halogens is 3. The maximum absolute atomic E-state index is 12.9. The summed E-state index contributed by atoms with van der Waals surface area (Å²) in [6.07, 6.45) is 1.59. The van der Waals surface area contributed by atoms with Crippen molar-refractivity contribution < 1.29 is 27.5 Å². The molecule has 2 aliphatic rings. The van der Waals surface area contributed by atoms with Crippen LogP contribution in [0.1, 0.15) is 84.7 Å². The number of esters is 1. The highest BCUT2D eigenvalue weighted by Gasteiger charge is 2.35. The topological polar surface area (TPSA) is 71.5 Å². The van der Waals surface area contributed by atoms with Gasteiger partial charge in [0.05, 0.1) is 30.0 Å². The molecule has 1 atom stereocenters. The average Bonchev–Trinajstić information content (AvgIpc) is 3.25. The largest absolute Gasteiger partial charge is 0.469 e. The van der Waals surface area contributed by atoms with Crippen LogP contribution in [0.15, 0.2) is 36.5 Å². The second-order valence-corrected chi connectivity index (χ2v) is 10.9. The molecule has 2 aromatic rings. The number of benzene rings is 1. The van der Waals surface area contributed by atoms with E-state index in [0.29, 0.717) is 43.5 Å². The Bertz CT molecular complexity index is 1130. The van der Waals surface area contributed by atoms with Crippen LogP contribution in [0.25, 0.3) is 0 Å². The van der Waals surface area contributed by atoms with Crippen molar-refractivity contribution in [2.75, 3.05) is 13.7 Å². The summed E-state index contributed by atoms with van der Waals surface area (Å²) < 4.78 is 43.6. The number of nitrogens with one attached hydrogen (secondary N) is 1. The highest BCUT2D eigenvalue weighted by molar-refractivity contribution is 5.94. The van der Waals surface area contributed by atoms with E-state index in [1.165, 1.54) is 19.2 Å². The van der Waals surface area contributed by atoms with Crippen LogP contribution >= 0.6 is 0 Å². The molecule has 206 valence electrons. The van der Waals surface area contributed by atoms with Crippen LogP contribution in [0.4, 0.5) is 13.2 Å². The number of ether oxygens (including phenoxy) is 1. The van der Waals surface area contributed by atoms with Crippen LogP contribution in [0, 0.1) is 17.8 Å². The summed E-state index contributed by atoms with van der Waals surface area (Å²) in [6, 6.07) is 7.21. The normalized spacial score (nSPS) is 21.8. The highest BCUT2D eigenvalue weighted by Crippen LogP contribution is 2.39. The minimum Gasteiger partial charge on any atom is -0.469 e. The number of alkyl halides is 3. The van der Waals surface area contributed by atoms with E-state index in [2.05, 4.69) is 29.0 Å². The lowest BCUT2D eigenvalue weighted by Crippen LogP contribution is -2.31. The third-order valence-electron chi connectivity index (χ3n) is 7.81. The molecule has 0 spiro atoms. The molecule has 1 saturated carbocycles. The predicted octanol–water partition coefficient (Wildman–Crippen LogP) is 5.91. The number of hydrogen-bond donors (Lipinski definition) is 1. The molecule has 9 heteroatoms. The van der Waals surface area contributed by atoms with Crippen molar-refractivity contribution >= 4 is 11.9 Å². The number of rotatable bonds is 8. The lowest BCUT2D eigenvalue weighted by molar-refractivity contribution is -0.142. The molecular weight excluding hydrogens is 495 g/mol. The smallest absolute Gasteiger partial charge is 0.416 e. The van der Waals surface area contributed by atoms with E-state index >= 15 is 0 Å². The fourth-order valence-electron chi connectivity index (χ4n) is 5.75. The molecule has 0 bridgehead atoms. The van der Waals surface area contributed by atoms with Crippen molar-refractivity contribution in [1.29, 1.82) is 0 Å². The van der Waals surface area contributed by atoms with E-state index < -0.39 is 11.7 Å². The Labute approximate surface area is 222 Å². The van der Waals surface area contributed by atoms with E-state index in [9.17, 15) is 22.8 Å². The molecule has 1 fully saturated rings. The van der Waals surface area contributed by atoms with Crippen LogP contribution in [-0.4, -0.2) is 35.4 Å². The minimum atomic E-state index is -4.35. The second-order valence-electron chi connectivity index (χ2n) is 10.9. The zero-order valence-corrected chi connectivity index (χ0v) is 22.2. The van der Waals surface area contributed by atoms with Gasteiger partial charge in [0.1, 0.15) is 0 Å². The molecule has 1 aliphatic carbocycles. The quantitative estimate of drug-likeness (QED) is 0.429. The van der Waals surface area contributed by atoms with Gasteiger partial charge in [0.25, 0.3) is 5.91 Å². The van der Waals surface area contributed by atoms with Crippen LogP contribution in [-0.2, 0) is 28.8 Å². The van der Waals surface area contributed by atoms with Crippen molar-refractivity contribution in [2.45, 2.75) is 71.3 Å². The molecule has 6 nitrogen and oxygen atoms in total. The minimum absolute atomic E-state index is 0.0181. The van der Waals surface area contributed by atoms with Gasteiger partial charge in [0, 0.05) is 32.3 Å². The number of hydrogen-bond acceptors (Lipinski definition) is 5. The van der Waals surface area contributed by atoms with Crippen molar-refractivity contribution in [3.8, 4) is 0 Å². The highest BCUT2D eigenvalue weighted by atomic mass is 19.4. The van der Waals surface area contributed by atoms with Gasteiger partial charge < -0.3 is 10.1 Å². The van der Waals surface area contributed by atoms with Crippen LogP contribution in [0.2, 0.25) is 0 Å². The van der Waals surface area contributed by atoms with E-state index in [4.69, 9.17) is 4.74 Å².